The minimum atomic E-state index is -1.79. The molecule has 0 bridgehead atoms. The summed E-state index contributed by atoms with van der Waals surface area (Å²) in [5.74, 6) is 2.19. The molecule has 3 saturated carbocycles. The van der Waals surface area contributed by atoms with Gasteiger partial charge in [0.2, 0.25) is 0 Å². The van der Waals surface area contributed by atoms with E-state index in [-0.39, 0.29) is 22.0 Å². The molecule has 0 saturated heterocycles. The quantitative estimate of drug-likeness (QED) is 0.410. The van der Waals surface area contributed by atoms with Crippen molar-refractivity contribution in [2.75, 3.05) is 0 Å². The number of hydrogen-bond donors (Lipinski definition) is 1. The van der Waals surface area contributed by atoms with Gasteiger partial charge in [-0.05, 0) is 92.7 Å². The molecule has 28 heavy (non-hydrogen) atoms. The lowest BCUT2D eigenvalue weighted by Gasteiger charge is -2.60. The summed E-state index contributed by atoms with van der Waals surface area (Å²) >= 11 is 0. The Morgan fingerprint density at radius 2 is 1.79 bits per heavy atom. The number of hydrogen-bond acceptors (Lipinski definition) is 2. The molecule has 0 spiro atoms. The van der Waals surface area contributed by atoms with Gasteiger partial charge in [-0.1, -0.05) is 46.3 Å². The van der Waals surface area contributed by atoms with Crippen molar-refractivity contribution in [1.29, 1.82) is 0 Å². The summed E-state index contributed by atoms with van der Waals surface area (Å²) in [6, 6.07) is 0. The Morgan fingerprint density at radius 3 is 2.46 bits per heavy atom. The number of fused-ring (bicyclic) bond motifs is 5. The van der Waals surface area contributed by atoms with Crippen LogP contribution in [0.15, 0.2) is 11.6 Å². The Labute approximate surface area is 174 Å². The van der Waals surface area contributed by atoms with Gasteiger partial charge in [0, 0.05) is 5.41 Å². The average molecular weight is 405 g/mol. The highest BCUT2D eigenvalue weighted by Gasteiger charge is 2.60. The first-order valence-electron chi connectivity index (χ1n) is 12.0. The first-order valence-corrected chi connectivity index (χ1v) is 14.9. The summed E-state index contributed by atoms with van der Waals surface area (Å²) in [6.45, 7) is 16.9. The van der Waals surface area contributed by atoms with Crippen LogP contribution < -0.4 is 0 Å². The molecule has 3 fully saturated rings. The molecule has 2 nitrogen and oxygen atoms in total. The number of aliphatic hydroxyl groups is 1. The average Bonchev–Trinajstić information content (AvgIpc) is 2.90. The molecule has 7 atom stereocenters. The third-order valence-corrected chi connectivity index (χ3v) is 14.8. The molecule has 1 unspecified atom stereocenters. The topological polar surface area (TPSA) is 29.5 Å². The van der Waals surface area contributed by atoms with E-state index in [1.165, 1.54) is 44.9 Å². The molecular formula is C25H44O2Si. The van der Waals surface area contributed by atoms with Crippen molar-refractivity contribution in [1.82, 2.24) is 0 Å². The summed E-state index contributed by atoms with van der Waals surface area (Å²) in [4.78, 5) is 0. The van der Waals surface area contributed by atoms with E-state index >= 15 is 0 Å². The van der Waals surface area contributed by atoms with Crippen molar-refractivity contribution in [2.24, 2.45) is 28.6 Å². The Bertz CT molecular complexity index is 647. The van der Waals surface area contributed by atoms with E-state index in [4.69, 9.17) is 4.43 Å². The van der Waals surface area contributed by atoms with Gasteiger partial charge < -0.3 is 9.53 Å². The molecule has 0 aliphatic heterocycles. The maximum absolute atomic E-state index is 10.7. The van der Waals surface area contributed by atoms with Crippen LogP contribution >= 0.6 is 0 Å². The van der Waals surface area contributed by atoms with Crippen LogP contribution in [0.5, 0.6) is 0 Å². The van der Waals surface area contributed by atoms with E-state index in [1.807, 2.05) is 0 Å². The number of aliphatic hydroxyl groups excluding tert-OH is 1. The second-order valence-electron chi connectivity index (χ2n) is 12.5. The summed E-state index contributed by atoms with van der Waals surface area (Å²) < 4.78 is 7.17. The minimum Gasteiger partial charge on any atom is -0.413 e. The second-order valence-corrected chi connectivity index (χ2v) is 17.3. The Kier molecular flexibility index (Phi) is 5.04. The van der Waals surface area contributed by atoms with Gasteiger partial charge in [0.1, 0.15) is 0 Å². The zero-order valence-corrected chi connectivity index (χ0v) is 20.5. The first kappa shape index (κ1) is 21.1. The summed E-state index contributed by atoms with van der Waals surface area (Å²) in [5.41, 5.74) is 2.09. The zero-order chi connectivity index (χ0) is 20.5. The monoisotopic (exact) mass is 404 g/mol. The van der Waals surface area contributed by atoms with Crippen molar-refractivity contribution < 1.29 is 9.53 Å². The maximum Gasteiger partial charge on any atom is 0.192 e. The fraction of sp³-hybridized carbons (Fsp3) is 0.920. The molecule has 0 aromatic rings. The molecule has 0 radical (unpaired) electrons. The van der Waals surface area contributed by atoms with Crippen molar-refractivity contribution >= 4 is 8.32 Å². The van der Waals surface area contributed by atoms with Crippen LogP contribution in [0, 0.1) is 28.6 Å². The fourth-order valence-corrected chi connectivity index (χ4v) is 8.81. The fourth-order valence-electron chi connectivity index (χ4n) is 7.38. The van der Waals surface area contributed by atoms with Gasteiger partial charge in [-0.2, -0.15) is 0 Å². The summed E-state index contributed by atoms with van der Waals surface area (Å²) in [7, 11) is -1.79. The van der Waals surface area contributed by atoms with E-state index < -0.39 is 8.32 Å². The molecule has 4 aliphatic carbocycles. The first-order chi connectivity index (χ1) is 12.9. The van der Waals surface area contributed by atoms with E-state index in [9.17, 15) is 5.11 Å². The van der Waals surface area contributed by atoms with Gasteiger partial charge in [-0.15, -0.1) is 0 Å². The van der Waals surface area contributed by atoms with E-state index in [0.29, 0.717) is 12.0 Å². The van der Waals surface area contributed by atoms with E-state index in [0.717, 1.165) is 18.3 Å². The van der Waals surface area contributed by atoms with Crippen LogP contribution in [0.25, 0.3) is 0 Å². The predicted octanol–water partition coefficient (Wildman–Crippen LogP) is 6.70. The molecule has 0 heterocycles. The van der Waals surface area contributed by atoms with Crippen LogP contribution in [0.3, 0.4) is 0 Å². The molecule has 3 heteroatoms. The molecule has 0 aromatic carbocycles. The summed E-state index contributed by atoms with van der Waals surface area (Å²) in [6.07, 6.45) is 12.7. The molecule has 1 N–H and O–H groups in total. The van der Waals surface area contributed by atoms with Gasteiger partial charge in [0.05, 0.1) is 12.2 Å². The van der Waals surface area contributed by atoms with Gasteiger partial charge in [-0.3, -0.25) is 0 Å². The van der Waals surface area contributed by atoms with Crippen molar-refractivity contribution in [3.63, 3.8) is 0 Å². The Morgan fingerprint density at radius 1 is 1.07 bits per heavy atom. The third-order valence-electron chi connectivity index (χ3n) is 10.3. The van der Waals surface area contributed by atoms with Gasteiger partial charge >= 0.3 is 0 Å². The van der Waals surface area contributed by atoms with Gasteiger partial charge in [0.25, 0.3) is 0 Å². The van der Waals surface area contributed by atoms with Crippen molar-refractivity contribution in [3.05, 3.63) is 11.6 Å². The molecule has 0 amide bonds. The number of allylic oxidation sites excluding steroid dienone is 1. The highest BCUT2D eigenvalue weighted by atomic mass is 28.4. The van der Waals surface area contributed by atoms with Crippen LogP contribution in [-0.4, -0.2) is 25.6 Å². The highest BCUT2D eigenvalue weighted by Crippen LogP contribution is 2.65. The van der Waals surface area contributed by atoms with Crippen LogP contribution in [0.4, 0.5) is 0 Å². The molecule has 160 valence electrons. The standard InChI is InChI=1S/C25H44O2Si/c1-23(2,3)28(6,7)27-22-10-8-9-17-11-12-18-19-13-14-21(26)24(19,4)16-15-20(18)25(17,22)5/h11,18-22,26H,8-10,12-16H2,1-7H3/t18-,19-,20-,21-,22?,24-,25-/m0/s1. The molecule has 4 rings (SSSR count). The van der Waals surface area contributed by atoms with E-state index in [2.05, 4.69) is 53.8 Å². The van der Waals surface area contributed by atoms with Gasteiger partial charge in [0.15, 0.2) is 8.32 Å². The minimum absolute atomic E-state index is 0.0812. The van der Waals surface area contributed by atoms with Crippen LogP contribution in [0.1, 0.15) is 86.0 Å². The second kappa shape index (κ2) is 6.69. The largest absolute Gasteiger partial charge is 0.413 e. The Hall–Kier alpha value is -0.123. The normalized spacial score (nSPS) is 46.4. The number of rotatable bonds is 2. The van der Waals surface area contributed by atoms with Crippen molar-refractivity contribution in [2.45, 2.75) is 116 Å². The Balaban J connectivity index is 1.67. The summed E-state index contributed by atoms with van der Waals surface area (Å²) in [5, 5.41) is 11.0. The predicted molar refractivity (Wildman–Crippen MR) is 120 cm³/mol. The van der Waals surface area contributed by atoms with Crippen molar-refractivity contribution in [3.8, 4) is 0 Å². The molecular weight excluding hydrogens is 360 g/mol. The zero-order valence-electron chi connectivity index (χ0n) is 19.5. The molecule has 0 aromatic heterocycles. The lowest BCUT2D eigenvalue weighted by Crippen LogP contribution is -2.57. The lowest BCUT2D eigenvalue weighted by molar-refractivity contribution is -0.0967. The van der Waals surface area contributed by atoms with Crippen LogP contribution in [0.2, 0.25) is 18.1 Å². The third kappa shape index (κ3) is 2.93. The highest BCUT2D eigenvalue weighted by molar-refractivity contribution is 6.74. The maximum atomic E-state index is 10.7. The molecule has 4 aliphatic rings. The van der Waals surface area contributed by atoms with E-state index in [1.54, 1.807) is 5.57 Å². The smallest absolute Gasteiger partial charge is 0.192 e. The SMILES string of the molecule is CC(C)(C)[Si](C)(C)OC1CCCC2=CC[C@H]3[C@@H]4CC[C@H](O)[C@@]4(C)CC[C@@H]3[C@]21C. The lowest BCUT2D eigenvalue weighted by atomic mass is 9.47. The van der Waals surface area contributed by atoms with Gasteiger partial charge in [-0.25, -0.2) is 0 Å². The van der Waals surface area contributed by atoms with Crippen LogP contribution in [-0.2, 0) is 4.43 Å².